The molecule has 0 aromatic heterocycles. The van der Waals surface area contributed by atoms with Gasteiger partial charge in [-0.05, 0) is 11.8 Å². The SMILES string of the molecule is CC(C)(C)CCC(=O)c1ccccc1. The van der Waals surface area contributed by atoms with Gasteiger partial charge in [-0.15, -0.1) is 0 Å². The van der Waals surface area contributed by atoms with Gasteiger partial charge in [-0.3, -0.25) is 4.79 Å². The van der Waals surface area contributed by atoms with E-state index in [0.29, 0.717) is 6.42 Å². The first-order valence-corrected chi connectivity index (χ1v) is 5.07. The molecule has 0 amide bonds. The van der Waals surface area contributed by atoms with Crippen molar-refractivity contribution < 1.29 is 4.79 Å². The lowest BCUT2D eigenvalue weighted by Gasteiger charge is -2.16. The van der Waals surface area contributed by atoms with Gasteiger partial charge in [-0.2, -0.15) is 0 Å². The molecule has 1 aromatic carbocycles. The molecule has 76 valence electrons. The van der Waals surface area contributed by atoms with Crippen molar-refractivity contribution in [1.82, 2.24) is 0 Å². The molecule has 1 aromatic rings. The third kappa shape index (κ3) is 3.73. The van der Waals surface area contributed by atoms with E-state index in [1.54, 1.807) is 0 Å². The van der Waals surface area contributed by atoms with Crippen molar-refractivity contribution in [2.24, 2.45) is 5.41 Å². The lowest BCUT2D eigenvalue weighted by atomic mass is 9.88. The van der Waals surface area contributed by atoms with Gasteiger partial charge in [-0.25, -0.2) is 0 Å². The Balaban J connectivity index is 2.52. The second-order valence-electron chi connectivity index (χ2n) is 4.85. The summed E-state index contributed by atoms with van der Waals surface area (Å²) in [5.74, 6) is 0.250. The normalized spacial score (nSPS) is 11.4. The van der Waals surface area contributed by atoms with Gasteiger partial charge in [0, 0.05) is 12.0 Å². The van der Waals surface area contributed by atoms with Gasteiger partial charge in [0.15, 0.2) is 5.78 Å². The van der Waals surface area contributed by atoms with Gasteiger partial charge in [0.25, 0.3) is 0 Å². The fraction of sp³-hybridized carbons (Fsp3) is 0.462. The van der Waals surface area contributed by atoms with Crippen LogP contribution in [0.2, 0.25) is 0 Å². The van der Waals surface area contributed by atoms with E-state index in [1.165, 1.54) is 0 Å². The third-order valence-corrected chi connectivity index (χ3v) is 2.20. The Morgan fingerprint density at radius 3 is 2.21 bits per heavy atom. The van der Waals surface area contributed by atoms with Crippen molar-refractivity contribution in [2.75, 3.05) is 0 Å². The maximum absolute atomic E-state index is 11.7. The number of carbonyl (C=O) groups excluding carboxylic acids is 1. The standard InChI is InChI=1S/C13H18O/c1-13(2,3)10-9-12(14)11-7-5-4-6-8-11/h4-8H,9-10H2,1-3H3. The van der Waals surface area contributed by atoms with Gasteiger partial charge in [-0.1, -0.05) is 51.1 Å². The van der Waals surface area contributed by atoms with E-state index in [-0.39, 0.29) is 11.2 Å². The molecule has 0 atom stereocenters. The van der Waals surface area contributed by atoms with E-state index in [4.69, 9.17) is 0 Å². The van der Waals surface area contributed by atoms with Crippen LogP contribution in [0.3, 0.4) is 0 Å². The smallest absolute Gasteiger partial charge is 0.162 e. The number of benzene rings is 1. The summed E-state index contributed by atoms with van der Waals surface area (Å²) in [4.78, 5) is 11.7. The Hall–Kier alpha value is -1.11. The lowest BCUT2D eigenvalue weighted by molar-refractivity contribution is 0.0966. The van der Waals surface area contributed by atoms with Crippen LogP contribution in [0.1, 0.15) is 44.0 Å². The summed E-state index contributed by atoms with van der Waals surface area (Å²) < 4.78 is 0. The second kappa shape index (κ2) is 4.41. The van der Waals surface area contributed by atoms with Crippen molar-refractivity contribution in [1.29, 1.82) is 0 Å². The van der Waals surface area contributed by atoms with Crippen LogP contribution >= 0.6 is 0 Å². The molecule has 0 aliphatic rings. The van der Waals surface area contributed by atoms with Crippen LogP contribution in [0.15, 0.2) is 30.3 Å². The summed E-state index contributed by atoms with van der Waals surface area (Å²) in [5, 5.41) is 0. The molecule has 0 unspecified atom stereocenters. The van der Waals surface area contributed by atoms with Crippen molar-refractivity contribution in [2.45, 2.75) is 33.6 Å². The molecule has 1 rings (SSSR count). The number of hydrogen-bond acceptors (Lipinski definition) is 1. The topological polar surface area (TPSA) is 17.1 Å². The number of carbonyl (C=O) groups is 1. The molecule has 0 spiro atoms. The van der Waals surface area contributed by atoms with Gasteiger partial charge in [0.1, 0.15) is 0 Å². The van der Waals surface area contributed by atoms with Crippen molar-refractivity contribution >= 4 is 5.78 Å². The largest absolute Gasteiger partial charge is 0.294 e. The van der Waals surface area contributed by atoms with Crippen molar-refractivity contribution in [3.8, 4) is 0 Å². The van der Waals surface area contributed by atoms with Gasteiger partial charge in [0.2, 0.25) is 0 Å². The molecule has 0 radical (unpaired) electrons. The van der Waals surface area contributed by atoms with Crippen LogP contribution in [0.5, 0.6) is 0 Å². The van der Waals surface area contributed by atoms with Crippen molar-refractivity contribution in [3.05, 3.63) is 35.9 Å². The molecule has 0 N–H and O–H groups in total. The van der Waals surface area contributed by atoms with E-state index in [0.717, 1.165) is 12.0 Å². The molecule has 0 saturated carbocycles. The Morgan fingerprint density at radius 1 is 1.14 bits per heavy atom. The predicted octanol–water partition coefficient (Wildman–Crippen LogP) is 3.70. The van der Waals surface area contributed by atoms with E-state index < -0.39 is 0 Å². The molecular weight excluding hydrogens is 172 g/mol. The molecule has 0 heterocycles. The van der Waals surface area contributed by atoms with Crippen LogP contribution < -0.4 is 0 Å². The fourth-order valence-corrected chi connectivity index (χ4v) is 1.26. The first kappa shape index (κ1) is 11.0. The van der Waals surface area contributed by atoms with Gasteiger partial charge in [0.05, 0.1) is 0 Å². The Kier molecular flexibility index (Phi) is 3.45. The lowest BCUT2D eigenvalue weighted by Crippen LogP contribution is -2.08. The molecule has 0 saturated heterocycles. The molecule has 0 aliphatic heterocycles. The second-order valence-corrected chi connectivity index (χ2v) is 4.85. The molecule has 0 aliphatic carbocycles. The average molecular weight is 190 g/mol. The molecule has 14 heavy (non-hydrogen) atoms. The number of rotatable bonds is 3. The summed E-state index contributed by atoms with van der Waals surface area (Å²) in [5.41, 5.74) is 1.07. The zero-order valence-electron chi connectivity index (χ0n) is 9.21. The minimum Gasteiger partial charge on any atom is -0.294 e. The predicted molar refractivity (Wildman–Crippen MR) is 59.5 cm³/mol. The number of Topliss-reactive ketones (excluding diaryl/α,β-unsaturated/α-hetero) is 1. The van der Waals surface area contributed by atoms with E-state index in [2.05, 4.69) is 20.8 Å². The Labute approximate surface area is 86.1 Å². The summed E-state index contributed by atoms with van der Waals surface area (Å²) in [7, 11) is 0. The highest BCUT2D eigenvalue weighted by molar-refractivity contribution is 5.95. The van der Waals surface area contributed by atoms with Crippen LogP contribution in [-0.2, 0) is 0 Å². The van der Waals surface area contributed by atoms with Gasteiger partial charge < -0.3 is 0 Å². The van der Waals surface area contributed by atoms with Crippen LogP contribution in [0.4, 0.5) is 0 Å². The molecule has 0 bridgehead atoms. The molecule has 1 nitrogen and oxygen atoms in total. The van der Waals surface area contributed by atoms with Crippen LogP contribution in [0, 0.1) is 5.41 Å². The zero-order valence-corrected chi connectivity index (χ0v) is 9.21. The highest BCUT2D eigenvalue weighted by Gasteiger charge is 2.13. The number of hydrogen-bond donors (Lipinski definition) is 0. The minimum absolute atomic E-state index is 0.241. The maximum Gasteiger partial charge on any atom is 0.162 e. The first-order chi connectivity index (χ1) is 6.49. The number of ketones is 1. The molecule has 1 heteroatoms. The average Bonchev–Trinajstić information content (AvgIpc) is 2.14. The maximum atomic E-state index is 11.7. The zero-order chi connectivity index (χ0) is 10.6. The van der Waals surface area contributed by atoms with E-state index >= 15 is 0 Å². The summed E-state index contributed by atoms with van der Waals surface area (Å²) in [6.45, 7) is 6.47. The van der Waals surface area contributed by atoms with Crippen LogP contribution in [-0.4, -0.2) is 5.78 Å². The Morgan fingerprint density at radius 2 is 1.71 bits per heavy atom. The highest BCUT2D eigenvalue weighted by Crippen LogP contribution is 2.21. The minimum atomic E-state index is 0.241. The van der Waals surface area contributed by atoms with Crippen LogP contribution in [0.25, 0.3) is 0 Å². The highest BCUT2D eigenvalue weighted by atomic mass is 16.1. The summed E-state index contributed by atoms with van der Waals surface area (Å²) >= 11 is 0. The molecular formula is C13H18O. The quantitative estimate of drug-likeness (QED) is 0.664. The molecule has 0 fully saturated rings. The summed E-state index contributed by atoms with van der Waals surface area (Å²) in [6, 6.07) is 9.51. The first-order valence-electron chi connectivity index (χ1n) is 5.07. The monoisotopic (exact) mass is 190 g/mol. The van der Waals surface area contributed by atoms with E-state index in [9.17, 15) is 4.79 Å². The van der Waals surface area contributed by atoms with E-state index in [1.807, 2.05) is 30.3 Å². The van der Waals surface area contributed by atoms with Gasteiger partial charge >= 0.3 is 0 Å². The summed E-state index contributed by atoms with van der Waals surface area (Å²) in [6.07, 6.45) is 1.59. The Bertz CT molecular complexity index is 293. The third-order valence-electron chi connectivity index (χ3n) is 2.20. The van der Waals surface area contributed by atoms with Crippen molar-refractivity contribution in [3.63, 3.8) is 0 Å². The fourth-order valence-electron chi connectivity index (χ4n) is 1.26.